The van der Waals surface area contributed by atoms with Crippen LogP contribution in [0.25, 0.3) is 0 Å². The van der Waals surface area contributed by atoms with E-state index in [9.17, 15) is 19.6 Å². The Balaban J connectivity index is 1.78. The molecule has 1 atom stereocenters. The third-order valence-electron chi connectivity index (χ3n) is 5.67. The highest BCUT2D eigenvalue weighted by atomic mass is 16.2. The molecule has 0 unspecified atom stereocenters. The van der Waals surface area contributed by atoms with Gasteiger partial charge in [0.05, 0.1) is 6.07 Å². The zero-order valence-corrected chi connectivity index (χ0v) is 16.2. The van der Waals surface area contributed by atoms with E-state index >= 15 is 0 Å². The Morgan fingerprint density at radius 2 is 1.89 bits per heavy atom. The molecule has 0 bridgehead atoms. The van der Waals surface area contributed by atoms with Gasteiger partial charge >= 0.3 is 6.03 Å². The number of benzene rings is 1. The van der Waals surface area contributed by atoms with Crippen LogP contribution in [0.2, 0.25) is 0 Å². The monoisotopic (exact) mass is 382 g/mol. The van der Waals surface area contributed by atoms with Gasteiger partial charge in [-0.05, 0) is 24.8 Å². The first-order valence-corrected chi connectivity index (χ1v) is 9.88. The summed E-state index contributed by atoms with van der Waals surface area (Å²) in [6.45, 7) is 1.56. The van der Waals surface area contributed by atoms with Gasteiger partial charge < -0.3 is 10.6 Å². The lowest BCUT2D eigenvalue weighted by molar-refractivity contribution is -0.136. The molecule has 1 aliphatic carbocycles. The SMILES string of the molecule is CCC[C@]1(c2ccccc2)NC(=O)N(CC(=O)NC2(C#N)CCCCC2)C1=O. The van der Waals surface area contributed by atoms with Crippen molar-refractivity contribution in [2.45, 2.75) is 62.9 Å². The van der Waals surface area contributed by atoms with Crippen molar-refractivity contribution in [3.05, 3.63) is 35.9 Å². The fourth-order valence-corrected chi connectivity index (χ4v) is 4.25. The molecule has 1 heterocycles. The molecule has 2 fully saturated rings. The quantitative estimate of drug-likeness (QED) is 0.738. The largest absolute Gasteiger partial charge is 0.336 e. The second kappa shape index (κ2) is 8.01. The van der Waals surface area contributed by atoms with E-state index in [1.165, 1.54) is 0 Å². The molecule has 7 heteroatoms. The van der Waals surface area contributed by atoms with Crippen LogP contribution in [0.5, 0.6) is 0 Å². The summed E-state index contributed by atoms with van der Waals surface area (Å²) < 4.78 is 0. The topological polar surface area (TPSA) is 102 Å². The Labute approximate surface area is 165 Å². The molecule has 0 spiro atoms. The highest BCUT2D eigenvalue weighted by Crippen LogP contribution is 2.33. The van der Waals surface area contributed by atoms with Crippen molar-refractivity contribution >= 4 is 17.8 Å². The number of rotatable bonds is 6. The lowest BCUT2D eigenvalue weighted by atomic mass is 9.83. The van der Waals surface area contributed by atoms with Gasteiger partial charge in [0.15, 0.2) is 0 Å². The molecular weight excluding hydrogens is 356 g/mol. The number of imide groups is 1. The summed E-state index contributed by atoms with van der Waals surface area (Å²) in [5.74, 6) is -0.900. The van der Waals surface area contributed by atoms with Gasteiger partial charge in [0.25, 0.3) is 5.91 Å². The fourth-order valence-electron chi connectivity index (χ4n) is 4.25. The summed E-state index contributed by atoms with van der Waals surface area (Å²) in [5, 5.41) is 15.1. The van der Waals surface area contributed by atoms with E-state index in [1.54, 1.807) is 0 Å². The maximum Gasteiger partial charge on any atom is 0.325 e. The van der Waals surface area contributed by atoms with Crippen LogP contribution < -0.4 is 10.6 Å². The van der Waals surface area contributed by atoms with Gasteiger partial charge in [-0.1, -0.05) is 62.9 Å². The summed E-state index contributed by atoms with van der Waals surface area (Å²) in [4.78, 5) is 39.3. The smallest absolute Gasteiger partial charge is 0.325 e. The average Bonchev–Trinajstić information content (AvgIpc) is 2.94. The predicted molar refractivity (Wildman–Crippen MR) is 103 cm³/mol. The number of carbonyl (C=O) groups is 3. The molecule has 7 nitrogen and oxygen atoms in total. The van der Waals surface area contributed by atoms with Crippen molar-refractivity contribution in [2.24, 2.45) is 0 Å². The maximum atomic E-state index is 13.2. The van der Waals surface area contributed by atoms with Crippen LogP contribution in [-0.2, 0) is 15.1 Å². The van der Waals surface area contributed by atoms with Crippen molar-refractivity contribution < 1.29 is 14.4 Å². The molecule has 3 rings (SSSR count). The minimum Gasteiger partial charge on any atom is -0.336 e. The van der Waals surface area contributed by atoms with Gasteiger partial charge in [0, 0.05) is 0 Å². The number of hydrogen-bond donors (Lipinski definition) is 2. The van der Waals surface area contributed by atoms with Crippen LogP contribution in [0.4, 0.5) is 4.79 Å². The van der Waals surface area contributed by atoms with E-state index in [4.69, 9.17) is 0 Å². The van der Waals surface area contributed by atoms with E-state index in [1.807, 2.05) is 37.3 Å². The number of nitriles is 1. The third-order valence-corrected chi connectivity index (χ3v) is 5.67. The summed E-state index contributed by atoms with van der Waals surface area (Å²) in [7, 11) is 0. The number of nitrogens with one attached hydrogen (secondary N) is 2. The van der Waals surface area contributed by atoms with Gasteiger partial charge in [-0.15, -0.1) is 0 Å². The van der Waals surface area contributed by atoms with Crippen LogP contribution in [0.1, 0.15) is 57.4 Å². The molecule has 0 aromatic heterocycles. The second-order valence-electron chi connectivity index (χ2n) is 7.65. The van der Waals surface area contributed by atoms with Crippen molar-refractivity contribution in [1.29, 1.82) is 5.26 Å². The molecule has 1 saturated carbocycles. The molecule has 4 amide bonds. The standard InChI is InChI=1S/C21H26N4O3/c1-2-11-21(16-9-5-3-6-10-16)18(27)25(19(28)24-21)14-17(26)23-20(15-22)12-7-4-8-13-20/h3,5-6,9-10H,2,4,7-8,11-14H2,1H3,(H,23,26)(H,24,28)/t21-/m1/s1. The third kappa shape index (κ3) is 3.59. The molecular formula is C21H26N4O3. The Morgan fingerprint density at radius 3 is 2.50 bits per heavy atom. The zero-order valence-electron chi connectivity index (χ0n) is 16.2. The molecule has 1 saturated heterocycles. The van der Waals surface area contributed by atoms with Crippen molar-refractivity contribution in [1.82, 2.24) is 15.5 Å². The normalized spacial score (nSPS) is 23.8. The first-order valence-electron chi connectivity index (χ1n) is 9.88. The van der Waals surface area contributed by atoms with Gasteiger partial charge in [-0.3, -0.25) is 14.5 Å². The Hall–Kier alpha value is -2.88. The number of urea groups is 1. The summed E-state index contributed by atoms with van der Waals surface area (Å²) in [5.41, 5.74) is -1.33. The fraction of sp³-hybridized carbons (Fsp3) is 0.524. The lowest BCUT2D eigenvalue weighted by Crippen LogP contribution is -2.52. The summed E-state index contributed by atoms with van der Waals surface area (Å²) in [6.07, 6.45) is 5.14. The molecule has 148 valence electrons. The van der Waals surface area contributed by atoms with Crippen LogP contribution in [0.3, 0.4) is 0 Å². The number of amides is 4. The second-order valence-corrected chi connectivity index (χ2v) is 7.65. The lowest BCUT2D eigenvalue weighted by Gasteiger charge is -2.32. The summed E-state index contributed by atoms with van der Waals surface area (Å²) >= 11 is 0. The highest BCUT2D eigenvalue weighted by molar-refractivity contribution is 6.09. The van der Waals surface area contributed by atoms with E-state index in [0.29, 0.717) is 31.2 Å². The number of carbonyl (C=O) groups excluding carboxylic acids is 3. The minimum atomic E-state index is -1.15. The first kappa shape index (κ1) is 19.9. The van der Waals surface area contributed by atoms with Crippen LogP contribution in [0, 0.1) is 11.3 Å². The first-order chi connectivity index (χ1) is 13.5. The van der Waals surface area contributed by atoms with Crippen molar-refractivity contribution in [3.63, 3.8) is 0 Å². The highest BCUT2D eigenvalue weighted by Gasteiger charge is 2.52. The molecule has 1 aromatic rings. The van der Waals surface area contributed by atoms with Crippen molar-refractivity contribution in [2.75, 3.05) is 6.54 Å². The van der Waals surface area contributed by atoms with Crippen LogP contribution >= 0.6 is 0 Å². The van der Waals surface area contributed by atoms with Crippen LogP contribution in [0.15, 0.2) is 30.3 Å². The van der Waals surface area contributed by atoms with E-state index in [0.717, 1.165) is 24.2 Å². The Kier molecular flexibility index (Phi) is 5.68. The molecule has 2 N–H and O–H groups in total. The zero-order chi connectivity index (χ0) is 20.2. The molecule has 1 aliphatic heterocycles. The molecule has 0 radical (unpaired) electrons. The van der Waals surface area contributed by atoms with E-state index in [-0.39, 0.29) is 6.54 Å². The number of nitrogens with zero attached hydrogens (tertiary/aromatic N) is 2. The van der Waals surface area contributed by atoms with Gasteiger partial charge in [-0.2, -0.15) is 5.26 Å². The molecule has 1 aromatic carbocycles. The number of hydrogen-bond acceptors (Lipinski definition) is 4. The Morgan fingerprint density at radius 1 is 1.21 bits per heavy atom. The average molecular weight is 382 g/mol. The maximum absolute atomic E-state index is 13.2. The van der Waals surface area contributed by atoms with Gasteiger partial charge in [-0.25, -0.2) is 4.79 Å². The minimum absolute atomic E-state index is 0.383. The molecule has 2 aliphatic rings. The molecule has 28 heavy (non-hydrogen) atoms. The summed E-state index contributed by atoms with van der Waals surface area (Å²) in [6, 6.07) is 10.8. The van der Waals surface area contributed by atoms with Crippen LogP contribution in [-0.4, -0.2) is 34.8 Å². The predicted octanol–water partition coefficient (Wildman–Crippen LogP) is 2.58. The van der Waals surface area contributed by atoms with Crippen molar-refractivity contribution in [3.8, 4) is 6.07 Å². The van der Waals surface area contributed by atoms with Gasteiger partial charge in [0.2, 0.25) is 5.91 Å². The van der Waals surface area contributed by atoms with E-state index < -0.39 is 28.9 Å². The van der Waals surface area contributed by atoms with E-state index in [2.05, 4.69) is 16.7 Å². The Bertz CT molecular complexity index is 796. The van der Waals surface area contributed by atoms with Gasteiger partial charge in [0.1, 0.15) is 17.6 Å².